The minimum absolute atomic E-state index is 0.206. The van der Waals surface area contributed by atoms with E-state index in [1.165, 1.54) is 12.7 Å². The molecular formula is C13H7Cl6N3O2. The molecule has 1 aliphatic rings. The Morgan fingerprint density at radius 3 is 2.21 bits per heavy atom. The lowest BCUT2D eigenvalue weighted by Gasteiger charge is -2.20. The number of hydrogen-bond acceptors (Lipinski definition) is 5. The summed E-state index contributed by atoms with van der Waals surface area (Å²) in [7, 11) is 0. The summed E-state index contributed by atoms with van der Waals surface area (Å²) >= 11 is 35.8. The molecule has 2 aromatic rings. The zero-order chi connectivity index (χ0) is 17.5. The molecular weight excluding hydrogens is 443 g/mol. The molecule has 128 valence electrons. The van der Waals surface area contributed by atoms with Crippen LogP contribution in [0.2, 0.25) is 0 Å². The number of nitrogens with zero attached hydrogens (tertiary/aromatic N) is 3. The summed E-state index contributed by atoms with van der Waals surface area (Å²) in [6.45, 7) is 0. The van der Waals surface area contributed by atoms with Crippen molar-refractivity contribution in [2.75, 3.05) is 0 Å². The Hall–Kier alpha value is -0.430. The van der Waals surface area contributed by atoms with E-state index >= 15 is 0 Å². The summed E-state index contributed by atoms with van der Waals surface area (Å²) < 4.78 is 7.46. The van der Waals surface area contributed by atoms with Crippen LogP contribution in [0.4, 0.5) is 0 Å². The van der Waals surface area contributed by atoms with Gasteiger partial charge in [0.25, 0.3) is 10.1 Å². The van der Waals surface area contributed by atoms with E-state index in [9.17, 15) is 0 Å². The first-order valence-corrected chi connectivity index (χ1v) is 8.67. The number of rotatable bonds is 2. The summed E-state index contributed by atoms with van der Waals surface area (Å²) in [5, 5.41) is 0. The lowest BCUT2D eigenvalue weighted by Crippen LogP contribution is -2.33. The van der Waals surface area contributed by atoms with Crippen molar-refractivity contribution in [2.45, 2.75) is 20.3 Å². The second-order valence-corrected chi connectivity index (χ2v) is 9.42. The lowest BCUT2D eigenvalue weighted by atomic mass is 10.0. The molecule has 11 heteroatoms. The van der Waals surface area contributed by atoms with Crippen LogP contribution in [-0.2, 0) is 10.2 Å². The molecule has 0 saturated heterocycles. The first kappa shape index (κ1) is 18.4. The highest BCUT2D eigenvalue weighted by Gasteiger charge is 2.45. The molecule has 0 saturated carbocycles. The molecule has 5 nitrogen and oxygen atoms in total. The van der Waals surface area contributed by atoms with Crippen LogP contribution in [0.3, 0.4) is 0 Å². The zero-order valence-corrected chi connectivity index (χ0v) is 16.1. The molecule has 1 aromatic carbocycles. The smallest absolute Gasteiger partial charge is 0.288 e. The minimum Gasteiger partial charge on any atom is -0.447 e. The molecule has 1 unspecified atom stereocenters. The predicted octanol–water partition coefficient (Wildman–Crippen LogP) is 4.76. The van der Waals surface area contributed by atoms with Crippen molar-refractivity contribution in [1.29, 1.82) is 0 Å². The van der Waals surface area contributed by atoms with Crippen LogP contribution < -0.4 is 9.47 Å². The molecule has 0 amide bonds. The van der Waals surface area contributed by atoms with Crippen molar-refractivity contribution >= 4 is 69.6 Å². The van der Waals surface area contributed by atoms with Gasteiger partial charge in [0.2, 0.25) is 3.79 Å². The summed E-state index contributed by atoms with van der Waals surface area (Å²) in [6, 6.07) is 3.35. The molecule has 1 aliphatic heterocycles. The van der Waals surface area contributed by atoms with Crippen LogP contribution in [-0.4, -0.2) is 25.0 Å². The maximum atomic E-state index is 6.12. The number of hydrogen-bond donors (Lipinski definition) is 0. The summed E-state index contributed by atoms with van der Waals surface area (Å²) in [4.78, 5) is 11.9. The van der Waals surface area contributed by atoms with Crippen molar-refractivity contribution in [3.05, 3.63) is 41.7 Å². The second kappa shape index (κ2) is 6.71. The van der Waals surface area contributed by atoms with Crippen LogP contribution in [0.15, 0.2) is 24.8 Å². The molecule has 0 bridgehead atoms. The van der Waals surface area contributed by atoms with E-state index in [-0.39, 0.29) is 11.3 Å². The number of fused-ring (bicyclic) bond motifs is 1. The summed E-state index contributed by atoms with van der Waals surface area (Å²) in [5.74, 6) is 1.02. The fourth-order valence-electron chi connectivity index (χ4n) is 2.18. The van der Waals surface area contributed by atoms with Crippen LogP contribution in [0, 0.1) is 0 Å². The van der Waals surface area contributed by atoms with Crippen LogP contribution >= 0.6 is 69.6 Å². The zero-order valence-electron chi connectivity index (χ0n) is 11.5. The topological polar surface area (TPSA) is 57.1 Å². The normalized spacial score (nSPS) is 17.2. The van der Waals surface area contributed by atoms with E-state index in [4.69, 9.17) is 79.1 Å². The predicted molar refractivity (Wildman–Crippen MR) is 93.6 cm³/mol. The number of ether oxygens (including phenoxy) is 2. The largest absolute Gasteiger partial charge is 0.447 e. The lowest BCUT2D eigenvalue weighted by molar-refractivity contribution is 0.0530. The van der Waals surface area contributed by atoms with Gasteiger partial charge >= 0.3 is 0 Å². The van der Waals surface area contributed by atoms with Crippen molar-refractivity contribution in [3.63, 3.8) is 0 Å². The Bertz CT molecular complexity index is 748. The fourth-order valence-corrected chi connectivity index (χ4v) is 3.07. The van der Waals surface area contributed by atoms with Crippen molar-refractivity contribution < 1.29 is 9.47 Å². The van der Waals surface area contributed by atoms with E-state index < -0.39 is 13.9 Å². The Morgan fingerprint density at radius 2 is 1.62 bits per heavy atom. The standard InChI is InChI=1S/C13H7Cl6N3O2/c14-12(15,16)9-6(3-8-21-4-20-5-22-8)1-2-7-10(9)24-11(23-7)13(17,18)19/h1-2,4-5,11H,3H2. The third kappa shape index (κ3) is 3.87. The number of aromatic nitrogens is 3. The molecule has 1 aromatic heterocycles. The van der Waals surface area contributed by atoms with Gasteiger partial charge in [0, 0.05) is 6.42 Å². The maximum absolute atomic E-state index is 6.12. The molecule has 2 heterocycles. The van der Waals surface area contributed by atoms with E-state index in [1.54, 1.807) is 12.1 Å². The molecule has 0 radical (unpaired) electrons. The van der Waals surface area contributed by atoms with E-state index in [1.807, 2.05) is 0 Å². The highest BCUT2D eigenvalue weighted by molar-refractivity contribution is 6.68. The molecule has 3 rings (SSSR count). The summed E-state index contributed by atoms with van der Waals surface area (Å²) in [6.07, 6.45) is 1.89. The SMILES string of the molecule is ClC(Cl)(Cl)c1c(Cc2ncncn2)ccc2c1OC(C(Cl)(Cl)Cl)O2. The number of halogens is 6. The van der Waals surface area contributed by atoms with Crippen molar-refractivity contribution in [3.8, 4) is 11.5 Å². The van der Waals surface area contributed by atoms with E-state index in [0.717, 1.165) is 0 Å². The van der Waals surface area contributed by atoms with Gasteiger partial charge in [-0.15, -0.1) is 0 Å². The quantitative estimate of drug-likeness (QED) is 0.619. The molecule has 0 fully saturated rings. The maximum Gasteiger partial charge on any atom is 0.288 e. The van der Waals surface area contributed by atoms with Gasteiger partial charge in [0.05, 0.1) is 5.56 Å². The van der Waals surface area contributed by atoms with Gasteiger partial charge in [0.1, 0.15) is 18.5 Å². The monoisotopic (exact) mass is 447 g/mol. The Balaban J connectivity index is 2.04. The molecule has 0 spiro atoms. The number of benzene rings is 1. The highest BCUT2D eigenvalue weighted by atomic mass is 35.6. The average molecular weight is 450 g/mol. The minimum atomic E-state index is -1.81. The van der Waals surface area contributed by atoms with E-state index in [2.05, 4.69) is 15.0 Å². The fraction of sp³-hybridized carbons (Fsp3) is 0.308. The molecule has 24 heavy (non-hydrogen) atoms. The molecule has 0 aliphatic carbocycles. The average Bonchev–Trinajstić information content (AvgIpc) is 2.90. The van der Waals surface area contributed by atoms with Crippen molar-refractivity contribution in [1.82, 2.24) is 15.0 Å². The van der Waals surface area contributed by atoms with Gasteiger partial charge < -0.3 is 9.47 Å². The highest BCUT2D eigenvalue weighted by Crippen LogP contribution is 2.53. The Kier molecular flexibility index (Phi) is 5.13. The number of alkyl halides is 6. The van der Waals surface area contributed by atoms with Crippen LogP contribution in [0.25, 0.3) is 0 Å². The first-order chi connectivity index (χ1) is 11.2. The van der Waals surface area contributed by atoms with Gasteiger partial charge in [-0.3, -0.25) is 0 Å². The summed E-state index contributed by atoms with van der Waals surface area (Å²) in [5.41, 5.74) is 0.913. The van der Waals surface area contributed by atoms with Gasteiger partial charge in [-0.1, -0.05) is 75.7 Å². The Morgan fingerprint density at radius 1 is 0.958 bits per heavy atom. The van der Waals surface area contributed by atoms with Gasteiger partial charge in [-0.25, -0.2) is 15.0 Å². The Labute approximate surface area is 167 Å². The van der Waals surface area contributed by atoms with Gasteiger partial charge in [-0.05, 0) is 11.6 Å². The van der Waals surface area contributed by atoms with Crippen LogP contribution in [0.1, 0.15) is 17.0 Å². The van der Waals surface area contributed by atoms with Gasteiger partial charge in [-0.2, -0.15) is 0 Å². The first-order valence-electron chi connectivity index (χ1n) is 6.40. The molecule has 1 atom stereocenters. The van der Waals surface area contributed by atoms with Crippen molar-refractivity contribution in [2.24, 2.45) is 0 Å². The van der Waals surface area contributed by atoms with Gasteiger partial charge in [0.15, 0.2) is 11.5 Å². The molecule has 0 N–H and O–H groups in total. The third-order valence-corrected chi connectivity index (χ3v) is 4.21. The third-order valence-electron chi connectivity index (χ3n) is 3.11. The van der Waals surface area contributed by atoms with Crippen LogP contribution in [0.5, 0.6) is 11.5 Å². The second-order valence-electron chi connectivity index (χ2n) is 4.77. The van der Waals surface area contributed by atoms with E-state index in [0.29, 0.717) is 23.6 Å².